The van der Waals surface area contributed by atoms with Crippen LogP contribution in [-0.4, -0.2) is 49.2 Å². The van der Waals surface area contributed by atoms with Crippen LogP contribution in [0.1, 0.15) is 20.3 Å². The SMILES string of the molecule is CCCOc1ccc(OCCn2c(=O)c(=O)n(CC)c3ccc(S(=O)(=O)N(C)C)cc32)cc1. The lowest BCUT2D eigenvalue weighted by molar-refractivity contribution is 0.295. The van der Waals surface area contributed by atoms with Crippen molar-refractivity contribution >= 4 is 21.1 Å². The van der Waals surface area contributed by atoms with Gasteiger partial charge in [-0.05, 0) is 55.8 Å². The van der Waals surface area contributed by atoms with Crippen molar-refractivity contribution in [3.63, 3.8) is 0 Å². The van der Waals surface area contributed by atoms with Crippen LogP contribution in [0.3, 0.4) is 0 Å². The third kappa shape index (κ3) is 5.12. The van der Waals surface area contributed by atoms with Gasteiger partial charge in [-0.2, -0.15) is 0 Å². The third-order valence-corrected chi connectivity index (χ3v) is 6.99. The number of hydrogen-bond acceptors (Lipinski definition) is 6. The van der Waals surface area contributed by atoms with Crippen molar-refractivity contribution in [2.45, 2.75) is 38.3 Å². The number of benzene rings is 2. The Bertz CT molecular complexity index is 1340. The van der Waals surface area contributed by atoms with E-state index < -0.39 is 21.1 Å². The summed E-state index contributed by atoms with van der Waals surface area (Å²) in [6.07, 6.45) is 0.912. The molecule has 0 amide bonds. The fourth-order valence-corrected chi connectivity index (χ4v) is 4.33. The molecule has 1 aromatic heterocycles. The van der Waals surface area contributed by atoms with Crippen LogP contribution >= 0.6 is 0 Å². The molecule has 0 atom stereocenters. The third-order valence-electron chi connectivity index (χ3n) is 5.18. The lowest BCUT2D eigenvalue weighted by atomic mass is 10.2. The maximum Gasteiger partial charge on any atom is 0.317 e. The van der Waals surface area contributed by atoms with E-state index >= 15 is 0 Å². The summed E-state index contributed by atoms with van der Waals surface area (Å²) in [5, 5.41) is 0. The highest BCUT2D eigenvalue weighted by Gasteiger charge is 2.20. The van der Waals surface area contributed by atoms with Crippen LogP contribution in [-0.2, 0) is 23.1 Å². The monoisotopic (exact) mass is 475 g/mol. The molecular weight excluding hydrogens is 446 g/mol. The molecular formula is C23H29N3O6S. The Hall–Kier alpha value is -3.11. The van der Waals surface area contributed by atoms with Gasteiger partial charge in [0.05, 0.1) is 29.1 Å². The van der Waals surface area contributed by atoms with E-state index in [4.69, 9.17) is 9.47 Å². The zero-order chi connectivity index (χ0) is 24.2. The first kappa shape index (κ1) is 24.5. The van der Waals surface area contributed by atoms with Gasteiger partial charge in [-0.25, -0.2) is 12.7 Å². The van der Waals surface area contributed by atoms with Gasteiger partial charge in [0.1, 0.15) is 18.1 Å². The van der Waals surface area contributed by atoms with Gasteiger partial charge in [-0.15, -0.1) is 0 Å². The van der Waals surface area contributed by atoms with Gasteiger partial charge in [0.2, 0.25) is 10.0 Å². The van der Waals surface area contributed by atoms with Crippen molar-refractivity contribution in [1.82, 2.24) is 13.4 Å². The largest absolute Gasteiger partial charge is 0.494 e. The van der Waals surface area contributed by atoms with E-state index in [0.29, 0.717) is 23.4 Å². The molecule has 33 heavy (non-hydrogen) atoms. The molecule has 0 bridgehead atoms. The van der Waals surface area contributed by atoms with Crippen LogP contribution in [0.4, 0.5) is 0 Å². The van der Waals surface area contributed by atoms with Crippen LogP contribution in [0.15, 0.2) is 56.9 Å². The Morgan fingerprint density at radius 2 is 1.39 bits per heavy atom. The van der Waals surface area contributed by atoms with Crippen molar-refractivity contribution in [3.8, 4) is 11.5 Å². The summed E-state index contributed by atoms with van der Waals surface area (Å²) in [6, 6.07) is 11.6. The average Bonchev–Trinajstić information content (AvgIpc) is 2.80. The molecule has 0 spiro atoms. The summed E-state index contributed by atoms with van der Waals surface area (Å²) in [5.74, 6) is 1.33. The zero-order valence-corrected chi connectivity index (χ0v) is 20.1. The number of nitrogens with zero attached hydrogens (tertiary/aromatic N) is 3. The summed E-state index contributed by atoms with van der Waals surface area (Å²) in [4.78, 5) is 25.5. The molecule has 3 aromatic rings. The second kappa shape index (κ2) is 10.2. The molecule has 0 aliphatic carbocycles. The van der Waals surface area contributed by atoms with Crippen LogP contribution in [0, 0.1) is 0 Å². The van der Waals surface area contributed by atoms with Gasteiger partial charge in [0.15, 0.2) is 0 Å². The number of ether oxygens (including phenoxy) is 2. The predicted molar refractivity (Wildman–Crippen MR) is 127 cm³/mol. The van der Waals surface area contributed by atoms with Gasteiger partial charge >= 0.3 is 11.1 Å². The molecule has 9 nitrogen and oxygen atoms in total. The number of rotatable bonds is 10. The summed E-state index contributed by atoms with van der Waals surface area (Å²) < 4.78 is 40.3. The molecule has 178 valence electrons. The number of hydrogen-bond donors (Lipinski definition) is 0. The van der Waals surface area contributed by atoms with E-state index in [9.17, 15) is 18.0 Å². The van der Waals surface area contributed by atoms with Crippen molar-refractivity contribution in [2.24, 2.45) is 0 Å². The van der Waals surface area contributed by atoms with Crippen molar-refractivity contribution in [3.05, 3.63) is 63.2 Å². The zero-order valence-electron chi connectivity index (χ0n) is 19.3. The van der Waals surface area contributed by atoms with Crippen LogP contribution in [0.2, 0.25) is 0 Å². The summed E-state index contributed by atoms with van der Waals surface area (Å²) in [5.41, 5.74) is -0.546. The molecule has 0 unspecified atom stereocenters. The van der Waals surface area contributed by atoms with E-state index in [1.807, 2.05) is 6.92 Å². The van der Waals surface area contributed by atoms with Gasteiger partial charge in [-0.3, -0.25) is 14.2 Å². The molecule has 10 heteroatoms. The number of aryl methyl sites for hydroxylation is 1. The number of fused-ring (bicyclic) bond motifs is 1. The van der Waals surface area contributed by atoms with Crippen molar-refractivity contribution < 1.29 is 17.9 Å². The highest BCUT2D eigenvalue weighted by Crippen LogP contribution is 2.21. The Morgan fingerprint density at radius 1 is 0.818 bits per heavy atom. The lowest BCUT2D eigenvalue weighted by Gasteiger charge is -2.17. The summed E-state index contributed by atoms with van der Waals surface area (Å²) in [6.45, 7) is 4.89. The first-order valence-corrected chi connectivity index (χ1v) is 12.2. The fourth-order valence-electron chi connectivity index (χ4n) is 3.41. The molecule has 0 fully saturated rings. The lowest BCUT2D eigenvalue weighted by Crippen LogP contribution is -2.42. The average molecular weight is 476 g/mol. The normalized spacial score (nSPS) is 11.8. The minimum Gasteiger partial charge on any atom is -0.494 e. The summed E-state index contributed by atoms with van der Waals surface area (Å²) in [7, 11) is -0.842. The van der Waals surface area contributed by atoms with Crippen molar-refractivity contribution in [1.29, 1.82) is 0 Å². The Kier molecular flexibility index (Phi) is 7.60. The van der Waals surface area contributed by atoms with E-state index in [1.54, 1.807) is 37.3 Å². The minimum absolute atomic E-state index is 0.0399. The molecule has 0 aliphatic heterocycles. The topological polar surface area (TPSA) is 99.8 Å². The fraction of sp³-hybridized carbons (Fsp3) is 0.391. The quantitative estimate of drug-likeness (QED) is 0.417. The smallest absolute Gasteiger partial charge is 0.317 e. The maximum atomic E-state index is 12.8. The highest BCUT2D eigenvalue weighted by molar-refractivity contribution is 7.89. The molecule has 0 radical (unpaired) electrons. The van der Waals surface area contributed by atoms with E-state index in [0.717, 1.165) is 16.5 Å². The van der Waals surface area contributed by atoms with Crippen molar-refractivity contribution in [2.75, 3.05) is 27.3 Å². The van der Waals surface area contributed by atoms with E-state index in [-0.39, 0.29) is 24.6 Å². The van der Waals surface area contributed by atoms with Crippen LogP contribution in [0.5, 0.6) is 11.5 Å². The van der Waals surface area contributed by atoms with Gasteiger partial charge in [0, 0.05) is 20.6 Å². The van der Waals surface area contributed by atoms with E-state index in [2.05, 4.69) is 0 Å². The van der Waals surface area contributed by atoms with Gasteiger partial charge < -0.3 is 14.0 Å². The second-order valence-corrected chi connectivity index (χ2v) is 9.76. The van der Waals surface area contributed by atoms with Crippen LogP contribution in [0.25, 0.3) is 11.0 Å². The number of sulfonamides is 1. The molecule has 0 aliphatic rings. The molecule has 0 saturated heterocycles. The van der Waals surface area contributed by atoms with Gasteiger partial charge in [-0.1, -0.05) is 6.92 Å². The Morgan fingerprint density at radius 3 is 1.94 bits per heavy atom. The molecule has 3 rings (SSSR count). The maximum absolute atomic E-state index is 12.8. The Labute approximate surface area is 192 Å². The predicted octanol–water partition coefficient (Wildman–Crippen LogP) is 2.30. The standard InChI is InChI=1S/C23H29N3O6S/c1-5-14-31-17-7-9-18(10-8-17)32-15-13-26-21-16-19(33(29,30)24(3)4)11-12-20(21)25(6-2)22(27)23(26)28/h7-12,16H,5-6,13-15H2,1-4H3. The number of aromatic nitrogens is 2. The summed E-state index contributed by atoms with van der Waals surface area (Å²) >= 11 is 0. The minimum atomic E-state index is -3.71. The highest BCUT2D eigenvalue weighted by atomic mass is 32.2. The van der Waals surface area contributed by atoms with Gasteiger partial charge in [0.25, 0.3) is 0 Å². The molecule has 2 aromatic carbocycles. The first-order chi connectivity index (χ1) is 15.7. The molecule has 1 heterocycles. The van der Waals surface area contributed by atoms with E-state index in [1.165, 1.54) is 35.4 Å². The first-order valence-electron chi connectivity index (χ1n) is 10.8. The molecule has 0 saturated carbocycles. The second-order valence-electron chi connectivity index (χ2n) is 7.61. The van der Waals surface area contributed by atoms with Crippen LogP contribution < -0.4 is 20.6 Å². The Balaban J connectivity index is 1.95. The molecule has 0 N–H and O–H groups in total.